The van der Waals surface area contributed by atoms with Gasteiger partial charge in [-0.2, -0.15) is 13.2 Å². The molecule has 1 aromatic carbocycles. The van der Waals surface area contributed by atoms with Crippen molar-refractivity contribution in [1.82, 2.24) is 5.32 Å². The lowest BCUT2D eigenvalue weighted by Gasteiger charge is -2.15. The summed E-state index contributed by atoms with van der Waals surface area (Å²) in [6, 6.07) is 3.31. The van der Waals surface area contributed by atoms with Gasteiger partial charge >= 0.3 is 6.18 Å². The molecule has 3 N–H and O–H groups in total. The number of nitrogens with one attached hydrogen (secondary N) is 1. The van der Waals surface area contributed by atoms with Crippen molar-refractivity contribution in [3.05, 3.63) is 35.1 Å². The lowest BCUT2D eigenvalue weighted by molar-refractivity contribution is -0.140. The number of hydrogen-bond donors (Lipinski definition) is 2. The van der Waals surface area contributed by atoms with Gasteiger partial charge in [0, 0.05) is 18.2 Å². The molecule has 0 aliphatic heterocycles. The van der Waals surface area contributed by atoms with Crippen LogP contribution in [0.1, 0.15) is 24.5 Å². The van der Waals surface area contributed by atoms with Crippen LogP contribution in [0.3, 0.4) is 0 Å². The van der Waals surface area contributed by atoms with E-state index in [1.165, 1.54) is 12.1 Å². The molecule has 0 radical (unpaired) electrons. The van der Waals surface area contributed by atoms with Crippen molar-refractivity contribution in [2.45, 2.75) is 32.1 Å². The summed E-state index contributed by atoms with van der Waals surface area (Å²) in [5, 5.41) is 2.93. The Kier molecular flexibility index (Phi) is 5.10. The molecule has 0 aliphatic carbocycles. The number of benzene rings is 1. The highest BCUT2D eigenvalue weighted by Crippen LogP contribution is 2.32. The number of rotatable bonds is 5. The van der Waals surface area contributed by atoms with Gasteiger partial charge in [-0.1, -0.05) is 12.1 Å². The molecule has 0 saturated carbocycles. The van der Waals surface area contributed by atoms with Gasteiger partial charge in [-0.3, -0.25) is 0 Å². The molecular formula is C12H16F4N2. The van der Waals surface area contributed by atoms with Crippen molar-refractivity contribution < 1.29 is 17.6 Å². The van der Waals surface area contributed by atoms with Crippen molar-refractivity contribution >= 4 is 0 Å². The first kappa shape index (κ1) is 14.9. The molecule has 0 aromatic heterocycles. The molecule has 1 rings (SSSR count). The molecule has 0 aliphatic rings. The molecule has 0 spiro atoms. The Morgan fingerprint density at radius 2 is 2.00 bits per heavy atom. The molecule has 1 unspecified atom stereocenters. The lowest BCUT2D eigenvalue weighted by atomic mass is 10.1. The van der Waals surface area contributed by atoms with Crippen molar-refractivity contribution in [3.8, 4) is 0 Å². The highest BCUT2D eigenvalue weighted by molar-refractivity contribution is 5.28. The zero-order valence-electron chi connectivity index (χ0n) is 10.0. The van der Waals surface area contributed by atoms with E-state index in [0.717, 1.165) is 6.07 Å². The Labute approximate surface area is 103 Å². The molecule has 1 aromatic rings. The molecular weight excluding hydrogens is 248 g/mol. The highest BCUT2D eigenvalue weighted by atomic mass is 19.4. The van der Waals surface area contributed by atoms with Gasteiger partial charge in [0.15, 0.2) is 0 Å². The van der Waals surface area contributed by atoms with E-state index in [0.29, 0.717) is 13.0 Å². The minimum Gasteiger partial charge on any atom is -0.330 e. The second-order valence-electron chi connectivity index (χ2n) is 4.14. The molecule has 0 heterocycles. The lowest BCUT2D eigenvalue weighted by Crippen LogP contribution is -2.28. The van der Waals surface area contributed by atoms with Gasteiger partial charge in [0.2, 0.25) is 0 Å². The zero-order chi connectivity index (χ0) is 13.8. The highest BCUT2D eigenvalue weighted by Gasteiger charge is 2.34. The maximum atomic E-state index is 13.6. The van der Waals surface area contributed by atoms with E-state index in [2.05, 4.69) is 5.32 Å². The molecule has 0 bridgehead atoms. The summed E-state index contributed by atoms with van der Waals surface area (Å²) in [6.07, 6.45) is -3.98. The molecule has 6 heteroatoms. The van der Waals surface area contributed by atoms with Crippen molar-refractivity contribution in [2.75, 3.05) is 6.54 Å². The maximum absolute atomic E-state index is 13.6. The summed E-state index contributed by atoms with van der Waals surface area (Å²) in [4.78, 5) is 0. The van der Waals surface area contributed by atoms with Gasteiger partial charge in [0.25, 0.3) is 0 Å². The average Bonchev–Trinajstić information content (AvgIpc) is 2.26. The molecule has 2 nitrogen and oxygen atoms in total. The summed E-state index contributed by atoms with van der Waals surface area (Å²) in [5.41, 5.74) is 4.13. The van der Waals surface area contributed by atoms with Gasteiger partial charge in [0.1, 0.15) is 5.82 Å². The third-order valence-electron chi connectivity index (χ3n) is 2.62. The van der Waals surface area contributed by atoms with Crippen LogP contribution in [-0.4, -0.2) is 12.6 Å². The van der Waals surface area contributed by atoms with E-state index >= 15 is 0 Å². The molecule has 0 fully saturated rings. The van der Waals surface area contributed by atoms with Gasteiger partial charge in [-0.05, 0) is 26.0 Å². The van der Waals surface area contributed by atoms with Crippen LogP contribution in [0.4, 0.5) is 17.6 Å². The standard InChI is InChI=1S/C12H16F4N2/c1-8(5-6-17)18-7-9-3-2-4-10(11(9)13)12(14,15)16/h2-4,8,18H,5-7,17H2,1H3. The fourth-order valence-corrected chi connectivity index (χ4v) is 1.57. The fraction of sp³-hybridized carbons (Fsp3) is 0.500. The van der Waals surface area contributed by atoms with E-state index in [1.807, 2.05) is 6.92 Å². The summed E-state index contributed by atoms with van der Waals surface area (Å²) < 4.78 is 51.0. The van der Waals surface area contributed by atoms with E-state index < -0.39 is 17.6 Å². The summed E-state index contributed by atoms with van der Waals surface area (Å²) in [5.74, 6) is -1.21. The van der Waals surface area contributed by atoms with Crippen LogP contribution in [0.2, 0.25) is 0 Å². The van der Waals surface area contributed by atoms with Gasteiger partial charge in [0.05, 0.1) is 5.56 Å². The molecule has 0 saturated heterocycles. The second kappa shape index (κ2) is 6.15. The maximum Gasteiger partial charge on any atom is 0.419 e. The van der Waals surface area contributed by atoms with E-state index in [9.17, 15) is 17.6 Å². The average molecular weight is 264 g/mol. The predicted molar refractivity (Wildman–Crippen MR) is 61.4 cm³/mol. The van der Waals surface area contributed by atoms with Crippen LogP contribution in [0.15, 0.2) is 18.2 Å². The molecule has 1 atom stereocenters. The smallest absolute Gasteiger partial charge is 0.330 e. The van der Waals surface area contributed by atoms with Crippen LogP contribution in [-0.2, 0) is 12.7 Å². The van der Waals surface area contributed by atoms with E-state index in [4.69, 9.17) is 5.73 Å². The van der Waals surface area contributed by atoms with Crippen molar-refractivity contribution in [3.63, 3.8) is 0 Å². The van der Waals surface area contributed by atoms with Crippen LogP contribution in [0.25, 0.3) is 0 Å². The second-order valence-corrected chi connectivity index (χ2v) is 4.14. The number of nitrogens with two attached hydrogens (primary N) is 1. The summed E-state index contributed by atoms with van der Waals surface area (Å²) >= 11 is 0. The van der Waals surface area contributed by atoms with Crippen LogP contribution in [0.5, 0.6) is 0 Å². The van der Waals surface area contributed by atoms with Gasteiger partial charge < -0.3 is 11.1 Å². The topological polar surface area (TPSA) is 38.0 Å². The minimum absolute atomic E-state index is 0.00805. The Hall–Kier alpha value is -1.14. The first-order valence-electron chi connectivity index (χ1n) is 5.64. The van der Waals surface area contributed by atoms with Crippen molar-refractivity contribution in [2.24, 2.45) is 5.73 Å². The fourth-order valence-electron chi connectivity index (χ4n) is 1.57. The Balaban J connectivity index is 2.79. The molecule has 102 valence electrons. The third kappa shape index (κ3) is 3.96. The molecule has 18 heavy (non-hydrogen) atoms. The minimum atomic E-state index is -4.66. The number of alkyl halides is 3. The van der Waals surface area contributed by atoms with Gasteiger partial charge in [-0.25, -0.2) is 4.39 Å². The quantitative estimate of drug-likeness (QED) is 0.802. The zero-order valence-corrected chi connectivity index (χ0v) is 10.0. The molecule has 0 amide bonds. The van der Waals surface area contributed by atoms with Crippen LogP contribution < -0.4 is 11.1 Å². The van der Waals surface area contributed by atoms with Gasteiger partial charge in [-0.15, -0.1) is 0 Å². The van der Waals surface area contributed by atoms with E-state index in [1.54, 1.807) is 0 Å². The van der Waals surface area contributed by atoms with Crippen molar-refractivity contribution in [1.29, 1.82) is 0 Å². The van der Waals surface area contributed by atoms with Crippen LogP contribution >= 0.6 is 0 Å². The largest absolute Gasteiger partial charge is 0.419 e. The first-order chi connectivity index (χ1) is 8.36. The third-order valence-corrected chi connectivity index (χ3v) is 2.62. The Bertz CT molecular complexity index is 390. The Morgan fingerprint density at radius 3 is 2.56 bits per heavy atom. The normalized spacial score (nSPS) is 13.7. The number of halogens is 4. The monoisotopic (exact) mass is 264 g/mol. The number of hydrogen-bond acceptors (Lipinski definition) is 2. The summed E-state index contributed by atoms with van der Waals surface area (Å²) in [6.45, 7) is 2.37. The summed E-state index contributed by atoms with van der Waals surface area (Å²) in [7, 11) is 0. The van der Waals surface area contributed by atoms with Crippen LogP contribution in [0, 0.1) is 5.82 Å². The SMILES string of the molecule is CC(CCN)NCc1cccc(C(F)(F)F)c1F. The predicted octanol–water partition coefficient (Wildman–Crippen LogP) is 2.67. The van der Waals surface area contributed by atoms with E-state index in [-0.39, 0.29) is 18.2 Å². The first-order valence-corrected chi connectivity index (χ1v) is 5.64. The Morgan fingerprint density at radius 1 is 1.33 bits per heavy atom.